The van der Waals surface area contributed by atoms with E-state index in [0.717, 1.165) is 11.8 Å². The smallest absolute Gasteiger partial charge is 0.0233 e. The van der Waals surface area contributed by atoms with E-state index in [1.807, 2.05) is 0 Å². The molecule has 0 atom stereocenters. The molecular formula is C18H32. The first-order valence-electron chi connectivity index (χ1n) is 8.14. The van der Waals surface area contributed by atoms with Gasteiger partial charge in [0.25, 0.3) is 0 Å². The van der Waals surface area contributed by atoms with Crippen LogP contribution in [0.1, 0.15) is 78.1 Å². The van der Waals surface area contributed by atoms with E-state index in [9.17, 15) is 0 Å². The van der Waals surface area contributed by atoms with Gasteiger partial charge in [-0.05, 0) is 70.1 Å². The second-order valence-electron chi connectivity index (χ2n) is 5.85. The van der Waals surface area contributed by atoms with Gasteiger partial charge in [-0.25, -0.2) is 0 Å². The summed E-state index contributed by atoms with van der Waals surface area (Å²) in [6.45, 7) is 4.42. The van der Waals surface area contributed by atoms with Crippen LogP contribution in [0.3, 0.4) is 0 Å². The van der Waals surface area contributed by atoms with E-state index in [1.165, 1.54) is 64.2 Å². The molecule has 0 bridgehead atoms. The lowest BCUT2D eigenvalue weighted by atomic mass is 9.80. The van der Waals surface area contributed by atoms with Crippen molar-refractivity contribution in [2.75, 3.05) is 0 Å². The molecule has 0 heteroatoms. The Morgan fingerprint density at radius 3 is 2.33 bits per heavy atom. The van der Waals surface area contributed by atoms with Crippen LogP contribution in [0.2, 0.25) is 0 Å². The molecule has 0 unspecified atom stereocenters. The van der Waals surface area contributed by atoms with Gasteiger partial charge in [0.2, 0.25) is 0 Å². The van der Waals surface area contributed by atoms with Crippen molar-refractivity contribution < 1.29 is 0 Å². The maximum Gasteiger partial charge on any atom is -0.0233 e. The highest BCUT2D eigenvalue weighted by atomic mass is 14.2. The van der Waals surface area contributed by atoms with Crippen molar-refractivity contribution in [2.45, 2.75) is 78.1 Å². The average Bonchev–Trinajstić information content (AvgIpc) is 2.40. The van der Waals surface area contributed by atoms with Gasteiger partial charge in [-0.3, -0.25) is 0 Å². The SMILES string of the molecule is CC=CC1CCC(CCC=CCCCCC)CC1. The third-order valence-corrected chi connectivity index (χ3v) is 4.24. The lowest BCUT2D eigenvalue weighted by Gasteiger charge is -2.26. The summed E-state index contributed by atoms with van der Waals surface area (Å²) in [6, 6.07) is 0. The molecule has 1 saturated carbocycles. The molecule has 0 spiro atoms. The normalized spacial score (nSPS) is 25.2. The van der Waals surface area contributed by atoms with Gasteiger partial charge in [-0.15, -0.1) is 0 Å². The molecule has 0 saturated heterocycles. The molecule has 1 aliphatic rings. The summed E-state index contributed by atoms with van der Waals surface area (Å²) in [7, 11) is 0. The zero-order valence-corrected chi connectivity index (χ0v) is 12.5. The Kier molecular flexibility index (Phi) is 8.98. The minimum absolute atomic E-state index is 0.885. The van der Waals surface area contributed by atoms with Crippen molar-refractivity contribution >= 4 is 0 Å². The van der Waals surface area contributed by atoms with Gasteiger partial charge in [0, 0.05) is 0 Å². The Labute approximate surface area is 115 Å². The molecule has 0 aromatic rings. The Bertz CT molecular complexity index is 228. The number of allylic oxidation sites excluding steroid dienone is 4. The van der Waals surface area contributed by atoms with E-state index in [4.69, 9.17) is 0 Å². The number of rotatable bonds is 8. The molecule has 1 aliphatic carbocycles. The lowest BCUT2D eigenvalue weighted by molar-refractivity contribution is 0.297. The van der Waals surface area contributed by atoms with Crippen LogP contribution in [0, 0.1) is 11.8 Å². The van der Waals surface area contributed by atoms with Crippen LogP contribution in [0.15, 0.2) is 24.3 Å². The molecule has 104 valence electrons. The Morgan fingerprint density at radius 1 is 0.944 bits per heavy atom. The van der Waals surface area contributed by atoms with Gasteiger partial charge in [-0.2, -0.15) is 0 Å². The first-order valence-corrected chi connectivity index (χ1v) is 8.14. The molecule has 0 heterocycles. The summed E-state index contributed by atoms with van der Waals surface area (Å²) in [4.78, 5) is 0. The summed E-state index contributed by atoms with van der Waals surface area (Å²) in [6.07, 6.45) is 23.4. The van der Waals surface area contributed by atoms with Crippen LogP contribution in [-0.4, -0.2) is 0 Å². The fraction of sp³-hybridized carbons (Fsp3) is 0.778. The largest absolute Gasteiger partial charge is 0.0914 e. The molecular weight excluding hydrogens is 216 g/mol. The quantitative estimate of drug-likeness (QED) is 0.350. The Morgan fingerprint density at radius 2 is 1.67 bits per heavy atom. The highest BCUT2D eigenvalue weighted by Crippen LogP contribution is 2.32. The molecule has 0 amide bonds. The fourth-order valence-electron chi connectivity index (χ4n) is 3.02. The summed E-state index contributed by atoms with van der Waals surface area (Å²) < 4.78 is 0. The highest BCUT2D eigenvalue weighted by Gasteiger charge is 2.18. The van der Waals surface area contributed by atoms with E-state index in [0.29, 0.717) is 0 Å². The molecule has 0 N–H and O–H groups in total. The average molecular weight is 248 g/mol. The van der Waals surface area contributed by atoms with Crippen LogP contribution in [0.5, 0.6) is 0 Å². The van der Waals surface area contributed by atoms with Crippen molar-refractivity contribution in [3.8, 4) is 0 Å². The topological polar surface area (TPSA) is 0 Å². The minimum Gasteiger partial charge on any atom is -0.0914 e. The summed E-state index contributed by atoms with van der Waals surface area (Å²) in [5, 5.41) is 0. The first kappa shape index (κ1) is 15.5. The maximum atomic E-state index is 2.42. The molecule has 1 rings (SSSR count). The monoisotopic (exact) mass is 248 g/mol. The van der Waals surface area contributed by atoms with Gasteiger partial charge < -0.3 is 0 Å². The summed E-state index contributed by atoms with van der Waals surface area (Å²) in [5.41, 5.74) is 0. The standard InChI is InChI=1S/C18H32/c1-3-5-6-7-8-9-10-12-18-15-13-17(11-4-2)14-16-18/h4,8-9,11,17-18H,3,5-7,10,12-16H2,1-2H3. The van der Waals surface area contributed by atoms with E-state index in [-0.39, 0.29) is 0 Å². The van der Waals surface area contributed by atoms with Crippen molar-refractivity contribution in [1.82, 2.24) is 0 Å². The molecule has 0 aromatic heterocycles. The van der Waals surface area contributed by atoms with E-state index >= 15 is 0 Å². The van der Waals surface area contributed by atoms with Crippen molar-refractivity contribution in [3.05, 3.63) is 24.3 Å². The molecule has 0 radical (unpaired) electrons. The van der Waals surface area contributed by atoms with Gasteiger partial charge in [0.1, 0.15) is 0 Å². The Balaban J connectivity index is 2.00. The second kappa shape index (κ2) is 10.4. The van der Waals surface area contributed by atoms with Gasteiger partial charge in [0.15, 0.2) is 0 Å². The Hall–Kier alpha value is -0.520. The van der Waals surface area contributed by atoms with Gasteiger partial charge in [-0.1, -0.05) is 44.1 Å². The predicted molar refractivity (Wildman–Crippen MR) is 82.8 cm³/mol. The van der Waals surface area contributed by atoms with Crippen molar-refractivity contribution in [2.24, 2.45) is 11.8 Å². The molecule has 1 fully saturated rings. The zero-order valence-electron chi connectivity index (χ0n) is 12.5. The minimum atomic E-state index is 0.885. The number of hydrogen-bond acceptors (Lipinski definition) is 0. The molecule has 18 heavy (non-hydrogen) atoms. The molecule has 0 aromatic carbocycles. The van der Waals surface area contributed by atoms with Crippen LogP contribution < -0.4 is 0 Å². The second-order valence-corrected chi connectivity index (χ2v) is 5.85. The zero-order chi connectivity index (χ0) is 13.1. The molecule has 0 nitrogen and oxygen atoms in total. The van der Waals surface area contributed by atoms with Gasteiger partial charge >= 0.3 is 0 Å². The van der Waals surface area contributed by atoms with Crippen molar-refractivity contribution in [3.63, 3.8) is 0 Å². The van der Waals surface area contributed by atoms with Crippen LogP contribution in [-0.2, 0) is 0 Å². The van der Waals surface area contributed by atoms with E-state index < -0.39 is 0 Å². The first-order chi connectivity index (χ1) is 8.86. The van der Waals surface area contributed by atoms with Crippen molar-refractivity contribution in [1.29, 1.82) is 0 Å². The maximum absolute atomic E-state index is 2.42. The van der Waals surface area contributed by atoms with Crippen LogP contribution in [0.25, 0.3) is 0 Å². The fourth-order valence-corrected chi connectivity index (χ4v) is 3.02. The lowest BCUT2D eigenvalue weighted by Crippen LogP contribution is -2.12. The predicted octanol–water partition coefficient (Wildman–Crippen LogP) is 6.29. The summed E-state index contributed by atoms with van der Waals surface area (Å²) >= 11 is 0. The number of unbranched alkanes of at least 4 members (excludes halogenated alkanes) is 3. The third-order valence-electron chi connectivity index (χ3n) is 4.24. The van der Waals surface area contributed by atoms with Gasteiger partial charge in [0.05, 0.1) is 0 Å². The van der Waals surface area contributed by atoms with E-state index in [1.54, 1.807) is 0 Å². The highest BCUT2D eigenvalue weighted by molar-refractivity contribution is 4.89. The van der Waals surface area contributed by atoms with Crippen LogP contribution in [0.4, 0.5) is 0 Å². The third kappa shape index (κ3) is 7.03. The molecule has 0 aliphatic heterocycles. The van der Waals surface area contributed by atoms with Crippen LogP contribution >= 0.6 is 0 Å². The van der Waals surface area contributed by atoms with E-state index in [2.05, 4.69) is 38.2 Å². The summed E-state index contributed by atoms with van der Waals surface area (Å²) in [5.74, 6) is 1.89. The number of hydrogen-bond donors (Lipinski definition) is 0.